The number of fused-ring (bicyclic) bond motifs is 1. The highest BCUT2D eigenvalue weighted by Crippen LogP contribution is 2.23. The third-order valence-electron chi connectivity index (χ3n) is 4.85. The van der Waals surface area contributed by atoms with Crippen LogP contribution < -0.4 is 5.32 Å². The van der Waals surface area contributed by atoms with Gasteiger partial charge in [0.1, 0.15) is 0 Å². The number of nitrogens with zero attached hydrogens (tertiary/aromatic N) is 3. The van der Waals surface area contributed by atoms with E-state index in [-0.39, 0.29) is 12.1 Å². The first-order valence-corrected chi connectivity index (χ1v) is 8.54. The second-order valence-corrected chi connectivity index (χ2v) is 6.37. The van der Waals surface area contributed by atoms with E-state index >= 15 is 0 Å². The number of hydrogen-bond donors (Lipinski definition) is 1. The third-order valence-corrected chi connectivity index (χ3v) is 4.85. The Bertz CT molecular complexity index is 707. The van der Waals surface area contributed by atoms with Crippen LogP contribution in [0, 0.1) is 0 Å². The molecule has 1 fully saturated rings. The number of ether oxygens (including phenoxy) is 1. The molecule has 4 heterocycles. The summed E-state index contributed by atoms with van der Waals surface area (Å²) in [6, 6.07) is 6.40. The van der Waals surface area contributed by atoms with Crippen molar-refractivity contribution in [2.75, 3.05) is 19.8 Å². The molecule has 0 bridgehead atoms. The maximum absolute atomic E-state index is 12.6. The van der Waals surface area contributed by atoms with Crippen molar-refractivity contribution in [2.45, 2.75) is 31.8 Å². The predicted octanol–water partition coefficient (Wildman–Crippen LogP) is 2.12. The van der Waals surface area contributed by atoms with Crippen LogP contribution in [-0.2, 0) is 17.7 Å². The fourth-order valence-electron chi connectivity index (χ4n) is 3.45. The number of rotatable bonds is 2. The van der Waals surface area contributed by atoms with Crippen molar-refractivity contribution in [1.82, 2.24) is 19.8 Å². The lowest BCUT2D eigenvalue weighted by molar-refractivity contribution is 0.0777. The van der Waals surface area contributed by atoms with E-state index in [2.05, 4.69) is 27.1 Å². The standard InChI is InChI=1S/C18H22N4O2/c23-18(20-15-5-11-24-12-6-15)21-9-3-14-4-10-22(17(14)13-21)16-1-7-19-8-2-16/h1-2,4,7-8,10,15H,3,5-6,9,11-13H2,(H,20,23). The number of amides is 2. The van der Waals surface area contributed by atoms with Gasteiger partial charge in [0.15, 0.2) is 0 Å². The Hall–Kier alpha value is -2.34. The minimum atomic E-state index is 0.0371. The zero-order valence-corrected chi connectivity index (χ0v) is 13.6. The van der Waals surface area contributed by atoms with E-state index in [1.54, 1.807) is 12.4 Å². The Balaban J connectivity index is 1.49. The lowest BCUT2D eigenvalue weighted by atomic mass is 10.1. The summed E-state index contributed by atoms with van der Waals surface area (Å²) in [6.45, 7) is 2.88. The van der Waals surface area contributed by atoms with Gasteiger partial charge in [0, 0.05) is 55.8 Å². The molecule has 0 atom stereocenters. The van der Waals surface area contributed by atoms with E-state index < -0.39 is 0 Å². The Morgan fingerprint density at radius 1 is 1.21 bits per heavy atom. The van der Waals surface area contributed by atoms with Crippen LogP contribution in [0.5, 0.6) is 0 Å². The van der Waals surface area contributed by atoms with Gasteiger partial charge in [0.25, 0.3) is 0 Å². The number of urea groups is 1. The summed E-state index contributed by atoms with van der Waals surface area (Å²) in [5, 5.41) is 3.16. The normalized spacial score (nSPS) is 18.2. The van der Waals surface area contributed by atoms with E-state index in [1.165, 1.54) is 11.3 Å². The van der Waals surface area contributed by atoms with Gasteiger partial charge >= 0.3 is 6.03 Å². The summed E-state index contributed by atoms with van der Waals surface area (Å²) < 4.78 is 7.51. The van der Waals surface area contributed by atoms with Crippen LogP contribution in [0.1, 0.15) is 24.1 Å². The average molecular weight is 326 g/mol. The van der Waals surface area contributed by atoms with Crippen LogP contribution in [-0.4, -0.2) is 46.3 Å². The second-order valence-electron chi connectivity index (χ2n) is 6.37. The first-order valence-electron chi connectivity index (χ1n) is 8.54. The predicted molar refractivity (Wildman–Crippen MR) is 90.1 cm³/mol. The molecule has 0 aliphatic carbocycles. The van der Waals surface area contributed by atoms with Crippen molar-refractivity contribution in [3.8, 4) is 5.69 Å². The highest BCUT2D eigenvalue weighted by molar-refractivity contribution is 5.75. The minimum Gasteiger partial charge on any atom is -0.381 e. The molecule has 2 aliphatic heterocycles. The van der Waals surface area contributed by atoms with Crippen molar-refractivity contribution in [3.63, 3.8) is 0 Å². The molecule has 0 aromatic carbocycles. The molecule has 2 aromatic heterocycles. The third kappa shape index (κ3) is 3.01. The van der Waals surface area contributed by atoms with Crippen LogP contribution in [0.2, 0.25) is 0 Å². The van der Waals surface area contributed by atoms with Crippen molar-refractivity contribution in [1.29, 1.82) is 0 Å². The molecule has 0 spiro atoms. The maximum Gasteiger partial charge on any atom is 0.317 e. The van der Waals surface area contributed by atoms with E-state index in [0.29, 0.717) is 6.54 Å². The van der Waals surface area contributed by atoms with Crippen LogP contribution in [0.4, 0.5) is 4.79 Å². The van der Waals surface area contributed by atoms with E-state index in [9.17, 15) is 4.79 Å². The van der Waals surface area contributed by atoms with Gasteiger partial charge in [-0.25, -0.2) is 4.79 Å². The smallest absolute Gasteiger partial charge is 0.317 e. The van der Waals surface area contributed by atoms with Gasteiger partial charge in [-0.2, -0.15) is 0 Å². The molecular formula is C18H22N4O2. The minimum absolute atomic E-state index is 0.0371. The van der Waals surface area contributed by atoms with Crippen LogP contribution in [0.25, 0.3) is 5.69 Å². The maximum atomic E-state index is 12.6. The molecular weight excluding hydrogens is 304 g/mol. The summed E-state index contributed by atoms with van der Waals surface area (Å²) >= 11 is 0. The zero-order chi connectivity index (χ0) is 16.4. The van der Waals surface area contributed by atoms with Crippen LogP contribution in [0.15, 0.2) is 36.8 Å². The molecule has 2 aliphatic rings. The summed E-state index contributed by atoms with van der Waals surface area (Å²) in [6.07, 6.45) is 8.37. The first kappa shape index (κ1) is 15.2. The molecule has 126 valence electrons. The van der Waals surface area contributed by atoms with Crippen molar-refractivity contribution in [2.24, 2.45) is 0 Å². The van der Waals surface area contributed by atoms with E-state index in [1.807, 2.05) is 17.0 Å². The fourth-order valence-corrected chi connectivity index (χ4v) is 3.45. The Kier molecular flexibility index (Phi) is 4.21. The van der Waals surface area contributed by atoms with Gasteiger partial charge in [-0.05, 0) is 43.0 Å². The highest BCUT2D eigenvalue weighted by Gasteiger charge is 2.25. The molecule has 2 amide bonds. The van der Waals surface area contributed by atoms with E-state index in [0.717, 1.165) is 44.7 Å². The number of pyridine rings is 1. The summed E-state index contributed by atoms with van der Waals surface area (Å²) in [5.41, 5.74) is 3.59. The SMILES string of the molecule is O=C(NC1CCOCC1)N1CCc2ccn(-c3ccncc3)c2C1. The molecule has 1 saturated heterocycles. The number of carbonyl (C=O) groups is 1. The topological polar surface area (TPSA) is 59.4 Å². The lowest BCUT2D eigenvalue weighted by Crippen LogP contribution is -2.48. The van der Waals surface area contributed by atoms with Crippen molar-refractivity contribution in [3.05, 3.63) is 48.0 Å². The number of aromatic nitrogens is 2. The quantitative estimate of drug-likeness (QED) is 0.919. The van der Waals surface area contributed by atoms with Gasteiger partial charge in [0.05, 0.1) is 6.54 Å². The fraction of sp³-hybridized carbons (Fsp3) is 0.444. The highest BCUT2D eigenvalue weighted by atomic mass is 16.5. The van der Waals surface area contributed by atoms with Crippen molar-refractivity contribution >= 4 is 6.03 Å². The summed E-state index contributed by atoms with van der Waals surface area (Å²) in [7, 11) is 0. The molecule has 2 aromatic rings. The van der Waals surface area contributed by atoms with Gasteiger partial charge in [-0.15, -0.1) is 0 Å². The Morgan fingerprint density at radius 2 is 2.00 bits per heavy atom. The van der Waals surface area contributed by atoms with Gasteiger partial charge in [-0.3, -0.25) is 4.98 Å². The Labute approximate surface area is 141 Å². The van der Waals surface area contributed by atoms with Crippen LogP contribution >= 0.6 is 0 Å². The number of nitrogens with one attached hydrogen (secondary N) is 1. The van der Waals surface area contributed by atoms with Crippen molar-refractivity contribution < 1.29 is 9.53 Å². The second kappa shape index (κ2) is 6.65. The molecule has 6 nitrogen and oxygen atoms in total. The van der Waals surface area contributed by atoms with Gasteiger partial charge in [0.2, 0.25) is 0 Å². The van der Waals surface area contributed by atoms with Gasteiger partial charge in [-0.1, -0.05) is 0 Å². The Morgan fingerprint density at radius 3 is 2.79 bits per heavy atom. The molecule has 1 N–H and O–H groups in total. The van der Waals surface area contributed by atoms with Gasteiger partial charge < -0.3 is 19.5 Å². The molecule has 6 heteroatoms. The first-order chi connectivity index (χ1) is 11.8. The molecule has 0 saturated carbocycles. The largest absolute Gasteiger partial charge is 0.381 e. The summed E-state index contributed by atoms with van der Waals surface area (Å²) in [4.78, 5) is 18.6. The zero-order valence-electron chi connectivity index (χ0n) is 13.6. The number of carbonyl (C=O) groups excluding carboxylic acids is 1. The monoisotopic (exact) mass is 326 g/mol. The molecule has 0 radical (unpaired) electrons. The lowest BCUT2D eigenvalue weighted by Gasteiger charge is -2.31. The average Bonchev–Trinajstić information content (AvgIpc) is 3.06. The van der Waals surface area contributed by atoms with Crippen LogP contribution in [0.3, 0.4) is 0 Å². The number of hydrogen-bond acceptors (Lipinski definition) is 3. The molecule has 4 rings (SSSR count). The summed E-state index contributed by atoms with van der Waals surface area (Å²) in [5.74, 6) is 0. The molecule has 0 unspecified atom stereocenters. The van der Waals surface area contributed by atoms with E-state index in [4.69, 9.17) is 4.74 Å². The molecule has 24 heavy (non-hydrogen) atoms.